The second-order valence-electron chi connectivity index (χ2n) is 4.43. The van der Waals surface area contributed by atoms with Crippen molar-refractivity contribution in [2.45, 2.75) is 32.6 Å². The first-order valence-corrected chi connectivity index (χ1v) is 6.06. The van der Waals surface area contributed by atoms with Crippen LogP contribution >= 0.6 is 0 Å². The molecule has 1 N–H and O–H groups in total. The fourth-order valence-corrected chi connectivity index (χ4v) is 1.82. The Labute approximate surface area is 101 Å². The fraction of sp³-hybridized carbons (Fsp3) is 0.818. The number of morpholine rings is 1. The molecule has 6 heteroatoms. The van der Waals surface area contributed by atoms with Crippen LogP contribution in [0.4, 0.5) is 0 Å². The van der Waals surface area contributed by atoms with Crippen molar-refractivity contribution < 1.29 is 9.47 Å². The molecule has 1 fully saturated rings. The second kappa shape index (κ2) is 6.09. The summed E-state index contributed by atoms with van der Waals surface area (Å²) in [6.07, 6.45) is 1.72. The highest BCUT2D eigenvalue weighted by atomic mass is 16.5. The van der Waals surface area contributed by atoms with E-state index in [0.717, 1.165) is 25.5 Å². The lowest BCUT2D eigenvalue weighted by atomic mass is 10.3. The van der Waals surface area contributed by atoms with Crippen molar-refractivity contribution in [2.24, 2.45) is 0 Å². The summed E-state index contributed by atoms with van der Waals surface area (Å²) >= 11 is 0. The molecule has 6 nitrogen and oxygen atoms in total. The van der Waals surface area contributed by atoms with E-state index in [2.05, 4.69) is 29.2 Å². The Balaban J connectivity index is 1.75. The molecule has 0 amide bonds. The van der Waals surface area contributed by atoms with Crippen molar-refractivity contribution in [1.29, 1.82) is 0 Å². The summed E-state index contributed by atoms with van der Waals surface area (Å²) < 4.78 is 13.0. The van der Waals surface area contributed by atoms with Gasteiger partial charge in [-0.2, -0.15) is 5.10 Å². The van der Waals surface area contributed by atoms with Crippen LogP contribution in [0.1, 0.15) is 25.7 Å². The second-order valence-corrected chi connectivity index (χ2v) is 4.43. The van der Waals surface area contributed by atoms with Gasteiger partial charge in [-0.25, -0.2) is 9.67 Å². The van der Waals surface area contributed by atoms with Crippen LogP contribution in [-0.4, -0.2) is 47.2 Å². The minimum atomic E-state index is 0.152. The van der Waals surface area contributed by atoms with E-state index in [1.807, 2.05) is 4.68 Å². The number of hydrogen-bond acceptors (Lipinski definition) is 5. The molecule has 1 saturated heterocycles. The van der Waals surface area contributed by atoms with Crippen molar-refractivity contribution in [3.63, 3.8) is 0 Å². The summed E-state index contributed by atoms with van der Waals surface area (Å²) in [6.45, 7) is 7.78. The predicted octanol–water partition coefficient (Wildman–Crippen LogP) is 0.364. The Morgan fingerprint density at radius 1 is 1.65 bits per heavy atom. The molecule has 1 aromatic heterocycles. The number of rotatable bonds is 5. The van der Waals surface area contributed by atoms with E-state index in [-0.39, 0.29) is 6.10 Å². The summed E-state index contributed by atoms with van der Waals surface area (Å²) in [4.78, 5) is 4.19. The Morgan fingerprint density at radius 3 is 3.24 bits per heavy atom. The van der Waals surface area contributed by atoms with Crippen LogP contribution in [0, 0.1) is 0 Å². The molecular formula is C11H20N4O2. The summed E-state index contributed by atoms with van der Waals surface area (Å²) in [7, 11) is 0. The van der Waals surface area contributed by atoms with E-state index in [1.54, 1.807) is 6.33 Å². The van der Waals surface area contributed by atoms with Crippen LogP contribution in [0.15, 0.2) is 6.33 Å². The van der Waals surface area contributed by atoms with Gasteiger partial charge in [0.25, 0.3) is 0 Å². The third kappa shape index (κ3) is 3.49. The molecule has 0 aliphatic carbocycles. The van der Waals surface area contributed by atoms with Crippen LogP contribution in [0.3, 0.4) is 0 Å². The molecule has 0 saturated carbocycles. The van der Waals surface area contributed by atoms with Gasteiger partial charge in [0, 0.05) is 19.1 Å². The number of nitrogens with zero attached hydrogens (tertiary/aromatic N) is 3. The highest BCUT2D eigenvalue weighted by molar-refractivity contribution is 4.83. The van der Waals surface area contributed by atoms with Gasteiger partial charge >= 0.3 is 0 Å². The molecule has 96 valence electrons. The van der Waals surface area contributed by atoms with Crippen molar-refractivity contribution in [1.82, 2.24) is 20.1 Å². The number of nitrogens with one attached hydrogen (secondary N) is 1. The van der Waals surface area contributed by atoms with Gasteiger partial charge < -0.3 is 14.8 Å². The summed E-state index contributed by atoms with van der Waals surface area (Å²) in [6, 6.07) is 0.309. The zero-order valence-corrected chi connectivity index (χ0v) is 10.4. The predicted molar refractivity (Wildman–Crippen MR) is 62.7 cm³/mol. The minimum Gasteiger partial charge on any atom is -0.373 e. The maximum Gasteiger partial charge on any atom is 0.153 e. The number of hydrogen-bond donors (Lipinski definition) is 1. The average Bonchev–Trinajstić information content (AvgIpc) is 2.79. The van der Waals surface area contributed by atoms with Crippen LogP contribution in [-0.2, 0) is 16.1 Å². The van der Waals surface area contributed by atoms with E-state index in [4.69, 9.17) is 9.47 Å². The fourth-order valence-electron chi connectivity index (χ4n) is 1.82. The van der Waals surface area contributed by atoms with Gasteiger partial charge in [0.05, 0.1) is 19.3 Å². The molecular weight excluding hydrogens is 220 g/mol. The van der Waals surface area contributed by atoms with Gasteiger partial charge in [-0.05, 0) is 13.8 Å². The molecule has 1 atom stereocenters. The van der Waals surface area contributed by atoms with E-state index >= 15 is 0 Å². The zero-order valence-electron chi connectivity index (χ0n) is 10.4. The SMILES string of the molecule is CC(C)n1ncnc1COCC1CNCCO1. The maximum atomic E-state index is 5.62. The summed E-state index contributed by atoms with van der Waals surface area (Å²) in [5, 5.41) is 7.43. The van der Waals surface area contributed by atoms with E-state index in [0.29, 0.717) is 19.3 Å². The largest absolute Gasteiger partial charge is 0.373 e. The smallest absolute Gasteiger partial charge is 0.153 e. The molecule has 1 aliphatic heterocycles. The third-order valence-electron chi connectivity index (χ3n) is 2.68. The first-order chi connectivity index (χ1) is 8.27. The number of ether oxygens (including phenoxy) is 2. The lowest BCUT2D eigenvalue weighted by Crippen LogP contribution is -2.41. The highest BCUT2D eigenvalue weighted by Gasteiger charge is 2.14. The van der Waals surface area contributed by atoms with Crippen molar-refractivity contribution in [2.75, 3.05) is 26.3 Å². The summed E-state index contributed by atoms with van der Waals surface area (Å²) in [5.41, 5.74) is 0. The van der Waals surface area contributed by atoms with E-state index in [9.17, 15) is 0 Å². The van der Waals surface area contributed by atoms with Crippen LogP contribution in [0.25, 0.3) is 0 Å². The molecule has 2 rings (SSSR count). The molecule has 1 unspecified atom stereocenters. The van der Waals surface area contributed by atoms with Crippen molar-refractivity contribution >= 4 is 0 Å². The molecule has 1 aliphatic rings. The Kier molecular flexibility index (Phi) is 4.47. The van der Waals surface area contributed by atoms with Gasteiger partial charge in [-0.1, -0.05) is 0 Å². The Hall–Kier alpha value is -0.980. The van der Waals surface area contributed by atoms with Crippen molar-refractivity contribution in [3.8, 4) is 0 Å². The van der Waals surface area contributed by atoms with E-state index < -0.39 is 0 Å². The lowest BCUT2D eigenvalue weighted by Gasteiger charge is -2.23. The Morgan fingerprint density at radius 2 is 2.53 bits per heavy atom. The van der Waals surface area contributed by atoms with Gasteiger partial charge in [0.1, 0.15) is 12.9 Å². The molecule has 1 aromatic rings. The van der Waals surface area contributed by atoms with Gasteiger partial charge in [0.2, 0.25) is 0 Å². The Bertz CT molecular complexity index is 334. The van der Waals surface area contributed by atoms with Crippen LogP contribution < -0.4 is 5.32 Å². The molecule has 17 heavy (non-hydrogen) atoms. The standard InChI is InChI=1S/C11H20N4O2/c1-9(2)15-11(13-8-14-15)7-16-6-10-5-12-3-4-17-10/h8-10,12H,3-7H2,1-2H3. The van der Waals surface area contributed by atoms with Crippen molar-refractivity contribution in [3.05, 3.63) is 12.2 Å². The first-order valence-electron chi connectivity index (χ1n) is 6.06. The van der Waals surface area contributed by atoms with Gasteiger partial charge in [-0.15, -0.1) is 0 Å². The van der Waals surface area contributed by atoms with Gasteiger partial charge in [0.15, 0.2) is 5.82 Å². The maximum absolute atomic E-state index is 5.62. The quantitative estimate of drug-likeness (QED) is 0.805. The summed E-state index contributed by atoms with van der Waals surface area (Å²) in [5.74, 6) is 0.865. The minimum absolute atomic E-state index is 0.152. The molecule has 0 spiro atoms. The normalized spacial score (nSPS) is 21.0. The highest BCUT2D eigenvalue weighted by Crippen LogP contribution is 2.07. The first kappa shape index (κ1) is 12.5. The average molecular weight is 240 g/mol. The topological polar surface area (TPSA) is 61.2 Å². The van der Waals surface area contributed by atoms with Gasteiger partial charge in [-0.3, -0.25) is 0 Å². The molecule has 2 heterocycles. The van der Waals surface area contributed by atoms with Crippen LogP contribution in [0.2, 0.25) is 0 Å². The van der Waals surface area contributed by atoms with E-state index in [1.165, 1.54) is 0 Å². The van der Waals surface area contributed by atoms with Crippen LogP contribution in [0.5, 0.6) is 0 Å². The monoisotopic (exact) mass is 240 g/mol. The molecule has 0 bridgehead atoms. The lowest BCUT2D eigenvalue weighted by molar-refractivity contribution is -0.0375. The number of aromatic nitrogens is 3. The zero-order chi connectivity index (χ0) is 12.1. The molecule has 0 aromatic carbocycles. The third-order valence-corrected chi connectivity index (χ3v) is 2.68. The molecule has 0 radical (unpaired) electrons.